The average molecular weight is 366 g/mol. The first-order chi connectivity index (χ1) is 12.7. The first-order valence-electron chi connectivity index (χ1n) is 8.67. The Balaban J connectivity index is 1.80. The largest absolute Gasteiger partial charge is 0.451 e. The fourth-order valence-corrected chi connectivity index (χ4v) is 3.16. The summed E-state index contributed by atoms with van der Waals surface area (Å²) in [5.41, 5.74) is 6.07. The summed E-state index contributed by atoms with van der Waals surface area (Å²) in [6.45, 7) is 11.1. The summed E-state index contributed by atoms with van der Waals surface area (Å²) in [6, 6.07) is 3.89. The topological polar surface area (TPSA) is 86.5 Å². The number of Topliss-reactive ketones (excluding diaryl/α,β-unsaturated/α-hetero) is 1. The molecule has 140 valence electrons. The second kappa shape index (κ2) is 6.90. The maximum Gasteiger partial charge on any atom is 0.378 e. The number of ketones is 1. The van der Waals surface area contributed by atoms with Crippen LogP contribution in [0.25, 0.3) is 5.78 Å². The summed E-state index contributed by atoms with van der Waals surface area (Å²) in [5.74, 6) is -0.769. The maximum atomic E-state index is 12.7. The van der Waals surface area contributed by atoms with Crippen LogP contribution in [-0.4, -0.2) is 37.9 Å². The molecule has 0 N–H and O–H groups in total. The molecule has 7 nitrogen and oxygen atoms in total. The van der Waals surface area contributed by atoms with Gasteiger partial charge in [0, 0.05) is 17.0 Å². The van der Waals surface area contributed by atoms with Crippen LogP contribution in [0.15, 0.2) is 12.1 Å². The highest BCUT2D eigenvalue weighted by Gasteiger charge is 2.21. The molecule has 27 heavy (non-hydrogen) atoms. The lowest BCUT2D eigenvalue weighted by molar-refractivity contribution is 0.0462. The van der Waals surface area contributed by atoms with Crippen LogP contribution in [0.1, 0.15) is 54.6 Å². The van der Waals surface area contributed by atoms with Gasteiger partial charge in [0.25, 0.3) is 11.6 Å². The van der Waals surface area contributed by atoms with Gasteiger partial charge in [-0.1, -0.05) is 6.07 Å². The number of carbonyl (C=O) groups is 2. The Hall–Kier alpha value is -3.09. The molecule has 0 amide bonds. The zero-order chi connectivity index (χ0) is 19.9. The molecule has 2 heterocycles. The summed E-state index contributed by atoms with van der Waals surface area (Å²) in [7, 11) is 0. The fraction of sp³-hybridized carbons (Fsp3) is 0.350. The third-order valence-electron chi connectivity index (χ3n) is 4.78. The summed E-state index contributed by atoms with van der Waals surface area (Å²) >= 11 is 0. The van der Waals surface area contributed by atoms with Crippen LogP contribution in [-0.2, 0) is 4.74 Å². The Morgan fingerprint density at radius 1 is 0.963 bits per heavy atom. The summed E-state index contributed by atoms with van der Waals surface area (Å²) in [5, 5.41) is 4.12. The van der Waals surface area contributed by atoms with E-state index in [9.17, 15) is 9.59 Å². The first-order valence-corrected chi connectivity index (χ1v) is 8.67. The fourth-order valence-electron chi connectivity index (χ4n) is 3.16. The van der Waals surface area contributed by atoms with Crippen LogP contribution in [0.4, 0.5) is 0 Å². The Labute approximate surface area is 157 Å². The summed E-state index contributed by atoms with van der Waals surface area (Å²) in [4.78, 5) is 33.3. The van der Waals surface area contributed by atoms with Crippen LogP contribution in [0.5, 0.6) is 0 Å². The van der Waals surface area contributed by atoms with E-state index < -0.39 is 5.97 Å². The molecule has 0 unspecified atom stereocenters. The highest BCUT2D eigenvalue weighted by Crippen LogP contribution is 2.22. The number of aromatic nitrogens is 4. The van der Waals surface area contributed by atoms with Gasteiger partial charge in [0.15, 0.2) is 6.61 Å². The lowest BCUT2D eigenvalue weighted by Crippen LogP contribution is -2.18. The minimum Gasteiger partial charge on any atom is -0.451 e. The maximum absolute atomic E-state index is 12.7. The van der Waals surface area contributed by atoms with Crippen molar-refractivity contribution in [2.45, 2.75) is 41.5 Å². The molecule has 7 heteroatoms. The van der Waals surface area contributed by atoms with Crippen molar-refractivity contribution >= 4 is 17.5 Å². The normalized spacial score (nSPS) is 11.0. The van der Waals surface area contributed by atoms with Crippen molar-refractivity contribution in [1.29, 1.82) is 0 Å². The van der Waals surface area contributed by atoms with Gasteiger partial charge in [-0.25, -0.2) is 14.3 Å². The second-order valence-corrected chi connectivity index (χ2v) is 6.82. The van der Waals surface area contributed by atoms with E-state index in [0.29, 0.717) is 11.3 Å². The summed E-state index contributed by atoms with van der Waals surface area (Å²) < 4.78 is 6.65. The van der Waals surface area contributed by atoms with Crippen molar-refractivity contribution in [1.82, 2.24) is 19.6 Å². The van der Waals surface area contributed by atoms with E-state index in [0.717, 1.165) is 33.6 Å². The van der Waals surface area contributed by atoms with Gasteiger partial charge in [0.05, 0.1) is 0 Å². The molecule has 0 radical (unpaired) electrons. The number of fused-ring (bicyclic) bond motifs is 1. The van der Waals surface area contributed by atoms with Crippen LogP contribution in [0.2, 0.25) is 0 Å². The smallest absolute Gasteiger partial charge is 0.378 e. The number of esters is 1. The molecule has 0 aliphatic carbocycles. The SMILES string of the molecule is Cc1cc(C)n2nc(C(=O)OCC(=O)c3c(C)c(C)cc(C)c3C)nc2n1. The predicted octanol–water partition coefficient (Wildman–Crippen LogP) is 3.01. The van der Waals surface area contributed by atoms with Gasteiger partial charge in [0.1, 0.15) is 0 Å². The van der Waals surface area contributed by atoms with Gasteiger partial charge in [-0.05, 0) is 69.9 Å². The van der Waals surface area contributed by atoms with Crippen molar-refractivity contribution in [3.8, 4) is 0 Å². The number of ether oxygens (including phenoxy) is 1. The molecule has 0 aliphatic rings. The van der Waals surface area contributed by atoms with Crippen LogP contribution < -0.4 is 0 Å². The Morgan fingerprint density at radius 3 is 2.22 bits per heavy atom. The van der Waals surface area contributed by atoms with Gasteiger partial charge < -0.3 is 4.74 Å². The van der Waals surface area contributed by atoms with Gasteiger partial charge in [-0.3, -0.25) is 4.79 Å². The van der Waals surface area contributed by atoms with Gasteiger partial charge in [-0.15, -0.1) is 5.10 Å². The highest BCUT2D eigenvalue weighted by atomic mass is 16.5. The molecular weight excluding hydrogens is 344 g/mol. The number of aryl methyl sites for hydroxylation is 4. The molecule has 3 rings (SSSR count). The van der Waals surface area contributed by atoms with Gasteiger partial charge in [-0.2, -0.15) is 4.98 Å². The van der Waals surface area contributed by atoms with E-state index in [-0.39, 0.29) is 18.2 Å². The Morgan fingerprint density at radius 2 is 1.59 bits per heavy atom. The molecule has 0 fully saturated rings. The molecule has 0 atom stereocenters. The van der Waals surface area contributed by atoms with E-state index in [2.05, 4.69) is 15.1 Å². The molecule has 0 aliphatic heterocycles. The van der Waals surface area contributed by atoms with Gasteiger partial charge >= 0.3 is 5.97 Å². The quantitative estimate of drug-likeness (QED) is 0.521. The monoisotopic (exact) mass is 366 g/mol. The molecule has 2 aromatic heterocycles. The molecule has 3 aromatic rings. The number of carbonyl (C=O) groups excluding carboxylic acids is 2. The standard InChI is InChI=1S/C20H22N4O3/c1-10-7-11(2)15(6)17(14(10)5)16(25)9-27-19(26)18-22-20-21-12(3)8-13(4)24(20)23-18/h7-8H,9H2,1-6H3. The van der Waals surface area contributed by atoms with Crippen molar-refractivity contribution in [3.63, 3.8) is 0 Å². The van der Waals surface area contributed by atoms with Gasteiger partial charge in [0.2, 0.25) is 5.78 Å². The lowest BCUT2D eigenvalue weighted by Gasteiger charge is -2.14. The zero-order valence-corrected chi connectivity index (χ0v) is 16.4. The number of nitrogens with zero attached hydrogens (tertiary/aromatic N) is 4. The third-order valence-corrected chi connectivity index (χ3v) is 4.78. The molecule has 0 spiro atoms. The first kappa shape index (κ1) is 18.7. The van der Waals surface area contributed by atoms with Crippen molar-refractivity contribution in [3.05, 3.63) is 57.2 Å². The van der Waals surface area contributed by atoms with Crippen LogP contribution in [0, 0.1) is 41.5 Å². The Bertz CT molecular complexity index is 1060. The van der Waals surface area contributed by atoms with Crippen molar-refractivity contribution in [2.75, 3.05) is 6.61 Å². The van der Waals surface area contributed by atoms with E-state index >= 15 is 0 Å². The average Bonchev–Trinajstić information content (AvgIpc) is 3.02. The van der Waals surface area contributed by atoms with Crippen molar-refractivity contribution < 1.29 is 14.3 Å². The van der Waals surface area contributed by atoms with E-state index in [1.54, 1.807) is 0 Å². The predicted molar refractivity (Wildman–Crippen MR) is 100 cm³/mol. The zero-order valence-electron chi connectivity index (χ0n) is 16.4. The summed E-state index contributed by atoms with van der Waals surface area (Å²) in [6.07, 6.45) is 0. The molecule has 0 saturated carbocycles. The van der Waals surface area contributed by atoms with E-state index in [4.69, 9.17) is 4.74 Å². The van der Waals surface area contributed by atoms with Crippen LogP contribution >= 0.6 is 0 Å². The number of benzene rings is 1. The Kier molecular flexibility index (Phi) is 4.78. The minimum atomic E-state index is -0.745. The van der Waals surface area contributed by atoms with Crippen LogP contribution in [0.3, 0.4) is 0 Å². The number of hydrogen-bond acceptors (Lipinski definition) is 6. The minimum absolute atomic E-state index is 0.113. The number of rotatable bonds is 4. The van der Waals surface area contributed by atoms with E-state index in [1.165, 1.54) is 4.52 Å². The third kappa shape index (κ3) is 3.45. The molecular formula is C20H22N4O3. The molecule has 1 aromatic carbocycles. The lowest BCUT2D eigenvalue weighted by atomic mass is 9.92. The second-order valence-electron chi connectivity index (χ2n) is 6.82. The van der Waals surface area contributed by atoms with E-state index in [1.807, 2.05) is 53.7 Å². The van der Waals surface area contributed by atoms with Crippen molar-refractivity contribution in [2.24, 2.45) is 0 Å². The number of hydrogen-bond donors (Lipinski definition) is 0. The molecule has 0 bridgehead atoms. The molecule has 0 saturated heterocycles. The highest BCUT2D eigenvalue weighted by molar-refractivity contribution is 6.01.